The van der Waals surface area contributed by atoms with E-state index in [1.54, 1.807) is 29.2 Å². The number of aromatic nitrogens is 2. The third-order valence-electron chi connectivity index (χ3n) is 5.57. The number of aryl methyl sites for hydroxylation is 2. The predicted octanol–water partition coefficient (Wildman–Crippen LogP) is 5.40. The Balaban J connectivity index is 1.59. The van der Waals surface area contributed by atoms with Gasteiger partial charge in [-0.25, -0.2) is 4.98 Å². The van der Waals surface area contributed by atoms with Crippen molar-refractivity contribution in [1.29, 1.82) is 0 Å². The lowest BCUT2D eigenvalue weighted by Gasteiger charge is -2.26. The Kier molecular flexibility index (Phi) is 7.62. The number of hydrogen-bond donors (Lipinski definition) is 0. The highest BCUT2D eigenvalue weighted by atomic mass is 35.5. The van der Waals surface area contributed by atoms with Crippen molar-refractivity contribution in [2.24, 2.45) is 0 Å². The van der Waals surface area contributed by atoms with E-state index in [1.165, 1.54) is 0 Å². The summed E-state index contributed by atoms with van der Waals surface area (Å²) in [5.74, 6) is 0.668. The van der Waals surface area contributed by atoms with E-state index in [0.29, 0.717) is 22.3 Å². The largest absolute Gasteiger partial charge is 0.379 e. The number of ether oxygens (including phenoxy) is 1. The second-order valence-electron chi connectivity index (χ2n) is 7.66. The zero-order chi connectivity index (χ0) is 22.0. The Morgan fingerprint density at radius 1 is 1.16 bits per heavy atom. The van der Waals surface area contributed by atoms with Gasteiger partial charge >= 0.3 is 0 Å². The third kappa shape index (κ3) is 5.29. The summed E-state index contributed by atoms with van der Waals surface area (Å²) in [7, 11) is 0. The summed E-state index contributed by atoms with van der Waals surface area (Å²) in [5, 5.41) is 2.59. The molecule has 0 N–H and O–H groups in total. The van der Waals surface area contributed by atoms with Crippen LogP contribution in [0.5, 0.6) is 0 Å². The van der Waals surface area contributed by atoms with Crippen LogP contribution in [0.25, 0.3) is 10.2 Å². The molecule has 4 rings (SSSR count). The number of fused-ring (bicyclic) bond motifs is 1. The van der Waals surface area contributed by atoms with Crippen molar-refractivity contribution in [3.05, 3.63) is 54.6 Å². The van der Waals surface area contributed by atoms with Crippen LogP contribution in [0.4, 0.5) is 0 Å². The maximum absolute atomic E-state index is 13.4. The van der Waals surface area contributed by atoms with Crippen LogP contribution in [0.15, 0.2) is 28.2 Å². The highest BCUT2D eigenvalue weighted by Crippen LogP contribution is 2.30. The van der Waals surface area contributed by atoms with Crippen LogP contribution >= 0.6 is 46.3 Å². The molecule has 2 aromatic heterocycles. The highest BCUT2D eigenvalue weighted by molar-refractivity contribution is 7.98. The van der Waals surface area contributed by atoms with Gasteiger partial charge in [0.05, 0.1) is 28.6 Å². The summed E-state index contributed by atoms with van der Waals surface area (Å²) in [6.07, 6.45) is 0.898. The summed E-state index contributed by atoms with van der Waals surface area (Å²) < 4.78 is 7.28. The quantitative estimate of drug-likeness (QED) is 0.323. The number of benzene rings is 1. The molecule has 31 heavy (non-hydrogen) atoms. The first-order valence-electron chi connectivity index (χ1n) is 10.3. The number of hydrogen-bond acceptors (Lipinski definition) is 6. The Bertz CT molecular complexity index is 1140. The number of halogens is 2. The van der Waals surface area contributed by atoms with Gasteiger partial charge in [0.25, 0.3) is 5.56 Å². The summed E-state index contributed by atoms with van der Waals surface area (Å²) in [4.78, 5) is 22.7. The molecule has 166 valence electrons. The molecule has 0 radical (unpaired) electrons. The third-order valence-corrected chi connectivity index (χ3v) is 8.45. The van der Waals surface area contributed by atoms with Crippen molar-refractivity contribution >= 4 is 56.5 Å². The van der Waals surface area contributed by atoms with Gasteiger partial charge in [-0.3, -0.25) is 14.3 Å². The summed E-state index contributed by atoms with van der Waals surface area (Å²) in [6, 6.07) is 5.63. The van der Waals surface area contributed by atoms with Crippen LogP contribution in [-0.2, 0) is 17.0 Å². The summed E-state index contributed by atoms with van der Waals surface area (Å²) in [5.41, 5.74) is 2.15. The monoisotopic (exact) mass is 497 g/mol. The van der Waals surface area contributed by atoms with Crippen molar-refractivity contribution in [2.45, 2.75) is 37.7 Å². The first kappa shape index (κ1) is 23.1. The highest BCUT2D eigenvalue weighted by Gasteiger charge is 2.18. The van der Waals surface area contributed by atoms with Crippen molar-refractivity contribution in [1.82, 2.24) is 14.5 Å². The Labute approximate surface area is 200 Å². The smallest absolute Gasteiger partial charge is 0.263 e. The number of nitrogens with zero attached hydrogens (tertiary/aromatic N) is 3. The molecule has 1 fully saturated rings. The molecule has 0 aliphatic carbocycles. The van der Waals surface area contributed by atoms with Gasteiger partial charge in [-0.05, 0) is 43.5 Å². The van der Waals surface area contributed by atoms with E-state index in [9.17, 15) is 4.79 Å². The Hall–Kier alpha value is -1.09. The first-order valence-corrected chi connectivity index (χ1v) is 12.9. The zero-order valence-electron chi connectivity index (χ0n) is 17.6. The fourth-order valence-electron chi connectivity index (χ4n) is 3.67. The molecule has 3 aromatic rings. The SMILES string of the molecule is Cc1sc2nc(SCc3ccc(Cl)c(Cl)c3)n(CCCN3CCOCC3)c(=O)c2c1C. The predicted molar refractivity (Wildman–Crippen MR) is 131 cm³/mol. The normalized spacial score (nSPS) is 15.1. The fourth-order valence-corrected chi connectivity index (χ4v) is 6.03. The molecule has 9 heteroatoms. The average Bonchev–Trinajstić information content (AvgIpc) is 3.05. The van der Waals surface area contributed by atoms with Gasteiger partial charge in [0, 0.05) is 36.8 Å². The maximum Gasteiger partial charge on any atom is 0.263 e. The van der Waals surface area contributed by atoms with E-state index in [-0.39, 0.29) is 5.56 Å². The van der Waals surface area contributed by atoms with E-state index < -0.39 is 0 Å². The van der Waals surface area contributed by atoms with Crippen molar-refractivity contribution in [3.63, 3.8) is 0 Å². The molecule has 0 saturated carbocycles. The fraction of sp³-hybridized carbons (Fsp3) is 0.455. The molecule has 0 unspecified atom stereocenters. The molecule has 1 aromatic carbocycles. The minimum Gasteiger partial charge on any atom is -0.379 e. The molecular formula is C22H25Cl2N3O2S2. The zero-order valence-corrected chi connectivity index (χ0v) is 20.8. The Morgan fingerprint density at radius 2 is 1.94 bits per heavy atom. The van der Waals surface area contributed by atoms with Crippen molar-refractivity contribution in [3.8, 4) is 0 Å². The van der Waals surface area contributed by atoms with Gasteiger partial charge in [0.1, 0.15) is 4.83 Å². The Morgan fingerprint density at radius 3 is 2.68 bits per heavy atom. The van der Waals surface area contributed by atoms with Gasteiger partial charge < -0.3 is 4.74 Å². The van der Waals surface area contributed by atoms with E-state index >= 15 is 0 Å². The van der Waals surface area contributed by atoms with Crippen molar-refractivity contribution in [2.75, 3.05) is 32.8 Å². The van der Waals surface area contributed by atoms with Crippen molar-refractivity contribution < 1.29 is 4.74 Å². The van der Waals surface area contributed by atoms with Gasteiger partial charge in [-0.1, -0.05) is 41.0 Å². The second kappa shape index (κ2) is 10.2. The molecule has 0 atom stereocenters. The van der Waals surface area contributed by atoms with Gasteiger partial charge in [0.2, 0.25) is 0 Å². The number of morpholine rings is 1. The molecule has 5 nitrogen and oxygen atoms in total. The topological polar surface area (TPSA) is 47.4 Å². The lowest BCUT2D eigenvalue weighted by Crippen LogP contribution is -2.37. The lowest BCUT2D eigenvalue weighted by atomic mass is 10.2. The van der Waals surface area contributed by atoms with E-state index in [1.807, 2.05) is 30.5 Å². The average molecular weight is 499 g/mol. The van der Waals surface area contributed by atoms with E-state index in [2.05, 4.69) is 4.90 Å². The van der Waals surface area contributed by atoms with Crippen LogP contribution in [0.3, 0.4) is 0 Å². The van der Waals surface area contributed by atoms with Gasteiger partial charge in [-0.15, -0.1) is 11.3 Å². The van der Waals surface area contributed by atoms with Gasteiger partial charge in [0.15, 0.2) is 5.16 Å². The summed E-state index contributed by atoms with van der Waals surface area (Å²) >= 11 is 15.4. The van der Waals surface area contributed by atoms with E-state index in [0.717, 1.165) is 70.6 Å². The lowest BCUT2D eigenvalue weighted by molar-refractivity contribution is 0.0368. The number of thiophene rings is 1. The van der Waals surface area contributed by atoms with E-state index in [4.69, 9.17) is 32.9 Å². The number of thioether (sulfide) groups is 1. The van der Waals surface area contributed by atoms with Gasteiger partial charge in [-0.2, -0.15) is 0 Å². The van der Waals surface area contributed by atoms with Crippen LogP contribution in [0.1, 0.15) is 22.4 Å². The van der Waals surface area contributed by atoms with Crippen LogP contribution in [-0.4, -0.2) is 47.3 Å². The maximum atomic E-state index is 13.4. The minimum absolute atomic E-state index is 0.0606. The molecule has 1 aliphatic rings. The standard InChI is InChI=1S/C22H25Cl2N3O2S2/c1-14-15(2)31-20-19(14)21(28)27(7-3-6-26-8-10-29-11-9-26)22(25-20)30-13-16-4-5-17(23)18(24)12-16/h4-5,12H,3,6-11,13H2,1-2H3. The summed E-state index contributed by atoms with van der Waals surface area (Å²) in [6.45, 7) is 9.13. The molecule has 0 bridgehead atoms. The van der Waals surface area contributed by atoms with Crippen LogP contribution in [0, 0.1) is 13.8 Å². The molecule has 1 aliphatic heterocycles. The second-order valence-corrected chi connectivity index (χ2v) is 10.6. The molecule has 0 spiro atoms. The first-order chi connectivity index (χ1) is 14.9. The van der Waals surface area contributed by atoms with Crippen LogP contribution in [0.2, 0.25) is 10.0 Å². The number of rotatable bonds is 7. The molecule has 0 amide bonds. The van der Waals surface area contributed by atoms with Crippen LogP contribution < -0.4 is 5.56 Å². The molecule has 3 heterocycles. The minimum atomic E-state index is 0.0606. The molecular weight excluding hydrogens is 473 g/mol. The molecule has 1 saturated heterocycles.